The van der Waals surface area contributed by atoms with Crippen LogP contribution in [0.1, 0.15) is 44.9 Å². The van der Waals surface area contributed by atoms with Crippen LogP contribution in [0.3, 0.4) is 0 Å². The van der Waals surface area contributed by atoms with Gasteiger partial charge in [0, 0.05) is 6.42 Å². The Morgan fingerprint density at radius 1 is 1.15 bits per heavy atom. The van der Waals surface area contributed by atoms with Crippen molar-refractivity contribution in [1.82, 2.24) is 5.32 Å². The molecule has 0 aromatic carbocycles. The lowest BCUT2D eigenvalue weighted by Crippen LogP contribution is -2.42. The minimum Gasteiger partial charge on any atom is -0.481 e. The average molecular weight is 293 g/mol. The van der Waals surface area contributed by atoms with Gasteiger partial charge >= 0.3 is 5.97 Å². The third kappa shape index (κ3) is 4.70. The highest BCUT2D eigenvalue weighted by Gasteiger charge is 2.41. The number of aliphatic hydroxyl groups excluding tert-OH is 1. The first-order valence-electron chi connectivity index (χ1n) is 6.80. The van der Waals surface area contributed by atoms with E-state index in [-0.39, 0.29) is 6.42 Å². The smallest absolute Gasteiger partial charge is 0.310 e. The van der Waals surface area contributed by atoms with Gasteiger partial charge in [0.15, 0.2) is 0 Å². The average Bonchev–Trinajstić information content (AvgIpc) is 2.63. The lowest BCUT2D eigenvalue weighted by molar-refractivity contribution is -0.153. The highest BCUT2D eigenvalue weighted by atomic mass is 19.3. The maximum absolute atomic E-state index is 12.8. The molecule has 1 amide bonds. The molecule has 7 heteroatoms. The fraction of sp³-hybridized carbons (Fsp3) is 0.846. The third-order valence-electron chi connectivity index (χ3n) is 3.79. The van der Waals surface area contributed by atoms with E-state index in [1.54, 1.807) is 0 Å². The van der Waals surface area contributed by atoms with Crippen LogP contribution < -0.4 is 5.32 Å². The maximum atomic E-state index is 12.8. The summed E-state index contributed by atoms with van der Waals surface area (Å²) in [6.45, 7) is -2.32. The molecule has 1 fully saturated rings. The number of aliphatic carboxylic acids is 1. The van der Waals surface area contributed by atoms with Crippen molar-refractivity contribution in [2.75, 3.05) is 13.2 Å². The van der Waals surface area contributed by atoms with Gasteiger partial charge in [-0.2, -0.15) is 0 Å². The number of alkyl halides is 2. The molecule has 0 atom stereocenters. The number of carbonyl (C=O) groups excluding carboxylic acids is 1. The number of hydrogen-bond donors (Lipinski definition) is 3. The van der Waals surface area contributed by atoms with Gasteiger partial charge in [-0.15, -0.1) is 0 Å². The Balaban J connectivity index is 2.61. The van der Waals surface area contributed by atoms with E-state index in [9.17, 15) is 23.5 Å². The maximum Gasteiger partial charge on any atom is 0.310 e. The molecule has 116 valence electrons. The first kappa shape index (κ1) is 16.8. The predicted molar refractivity (Wildman–Crippen MR) is 67.4 cm³/mol. The molecule has 1 aliphatic rings. The van der Waals surface area contributed by atoms with Crippen molar-refractivity contribution in [3.05, 3.63) is 0 Å². The molecule has 5 nitrogen and oxygen atoms in total. The summed E-state index contributed by atoms with van der Waals surface area (Å²) in [6.07, 6.45) is 3.82. The van der Waals surface area contributed by atoms with Gasteiger partial charge in [-0.05, 0) is 12.8 Å². The number of nitrogens with one attached hydrogen (secondary N) is 1. The van der Waals surface area contributed by atoms with Gasteiger partial charge in [0.1, 0.15) is 6.61 Å². The van der Waals surface area contributed by atoms with E-state index in [1.165, 1.54) is 0 Å². The van der Waals surface area contributed by atoms with Gasteiger partial charge in [0.2, 0.25) is 5.91 Å². The van der Waals surface area contributed by atoms with E-state index < -0.39 is 36.4 Å². The van der Waals surface area contributed by atoms with Crippen molar-refractivity contribution in [2.45, 2.75) is 50.9 Å². The third-order valence-corrected chi connectivity index (χ3v) is 3.79. The zero-order valence-corrected chi connectivity index (χ0v) is 11.3. The highest BCUT2D eigenvalue weighted by Crippen LogP contribution is 2.38. The SMILES string of the molecule is O=C(CC1(C(=O)O)CCCCCC1)NCC(F)(F)CO. The molecule has 0 unspecified atom stereocenters. The second-order valence-corrected chi connectivity index (χ2v) is 5.47. The molecule has 1 aliphatic carbocycles. The lowest BCUT2D eigenvalue weighted by atomic mass is 9.77. The normalized spacial score (nSPS) is 19.1. The quantitative estimate of drug-likeness (QED) is 0.648. The molecule has 0 aromatic heterocycles. The summed E-state index contributed by atoms with van der Waals surface area (Å²) < 4.78 is 25.7. The number of amides is 1. The van der Waals surface area contributed by atoms with E-state index in [0.717, 1.165) is 25.7 Å². The summed E-state index contributed by atoms with van der Waals surface area (Å²) in [4.78, 5) is 23.2. The van der Waals surface area contributed by atoms with Gasteiger partial charge in [0.05, 0.1) is 12.0 Å². The summed E-state index contributed by atoms with van der Waals surface area (Å²) >= 11 is 0. The number of aliphatic hydroxyl groups is 1. The zero-order valence-electron chi connectivity index (χ0n) is 11.3. The summed E-state index contributed by atoms with van der Waals surface area (Å²) in [5.41, 5.74) is -1.14. The highest BCUT2D eigenvalue weighted by molar-refractivity contribution is 5.85. The Labute approximate surface area is 116 Å². The fourth-order valence-corrected chi connectivity index (χ4v) is 2.53. The standard InChI is InChI=1S/C13H21F2NO4/c14-13(15,9-17)8-16-10(18)7-12(11(19)20)5-3-1-2-4-6-12/h17H,1-9H2,(H,16,18)(H,19,20). The van der Waals surface area contributed by atoms with Crippen LogP contribution in [0.4, 0.5) is 8.78 Å². The summed E-state index contributed by atoms with van der Waals surface area (Å²) in [5.74, 6) is -5.12. The Hall–Kier alpha value is -1.24. The molecular formula is C13H21F2NO4. The molecule has 0 saturated heterocycles. The van der Waals surface area contributed by atoms with Crippen LogP contribution in [0.5, 0.6) is 0 Å². The molecule has 0 bridgehead atoms. The largest absolute Gasteiger partial charge is 0.481 e. The molecular weight excluding hydrogens is 272 g/mol. The first-order valence-corrected chi connectivity index (χ1v) is 6.80. The Kier molecular flexibility index (Phi) is 5.86. The number of hydrogen-bond acceptors (Lipinski definition) is 3. The number of rotatable bonds is 6. The number of carboxylic acid groups (broad SMARTS) is 1. The summed E-state index contributed by atoms with van der Waals surface area (Å²) in [5, 5.41) is 19.8. The van der Waals surface area contributed by atoms with Crippen molar-refractivity contribution >= 4 is 11.9 Å². The Morgan fingerprint density at radius 2 is 1.70 bits per heavy atom. The van der Waals surface area contributed by atoms with Crippen LogP contribution in [-0.4, -0.2) is 41.2 Å². The Bertz CT molecular complexity index is 352. The summed E-state index contributed by atoms with van der Waals surface area (Å²) in [6, 6.07) is 0. The number of carboxylic acids is 1. The van der Waals surface area contributed by atoms with Crippen LogP contribution in [0.25, 0.3) is 0 Å². The van der Waals surface area contributed by atoms with Crippen molar-refractivity contribution in [1.29, 1.82) is 0 Å². The van der Waals surface area contributed by atoms with Crippen molar-refractivity contribution in [2.24, 2.45) is 5.41 Å². The number of halogens is 2. The molecule has 20 heavy (non-hydrogen) atoms. The van der Waals surface area contributed by atoms with E-state index in [1.807, 2.05) is 5.32 Å². The molecule has 0 heterocycles. The molecule has 0 aliphatic heterocycles. The summed E-state index contributed by atoms with van der Waals surface area (Å²) in [7, 11) is 0. The monoisotopic (exact) mass is 293 g/mol. The van der Waals surface area contributed by atoms with Crippen LogP contribution >= 0.6 is 0 Å². The van der Waals surface area contributed by atoms with Gasteiger partial charge in [0.25, 0.3) is 5.92 Å². The van der Waals surface area contributed by atoms with E-state index in [4.69, 9.17) is 5.11 Å². The van der Waals surface area contributed by atoms with Crippen LogP contribution in [0.2, 0.25) is 0 Å². The molecule has 3 N–H and O–H groups in total. The minimum absolute atomic E-state index is 0.288. The van der Waals surface area contributed by atoms with Gasteiger partial charge in [-0.1, -0.05) is 25.7 Å². The van der Waals surface area contributed by atoms with Crippen LogP contribution in [0, 0.1) is 5.41 Å². The fourth-order valence-electron chi connectivity index (χ4n) is 2.53. The second kappa shape index (κ2) is 6.97. The predicted octanol–water partition coefficient (Wildman–Crippen LogP) is 1.55. The van der Waals surface area contributed by atoms with Crippen LogP contribution in [0.15, 0.2) is 0 Å². The van der Waals surface area contributed by atoms with Gasteiger partial charge in [-0.25, -0.2) is 8.78 Å². The topological polar surface area (TPSA) is 86.6 Å². The minimum atomic E-state index is -3.38. The molecule has 0 aromatic rings. The number of carbonyl (C=O) groups is 2. The zero-order chi connectivity index (χ0) is 15.2. The van der Waals surface area contributed by atoms with Crippen molar-refractivity contribution in [3.63, 3.8) is 0 Å². The van der Waals surface area contributed by atoms with Gasteiger partial charge < -0.3 is 15.5 Å². The molecule has 0 spiro atoms. The van der Waals surface area contributed by atoms with E-state index in [2.05, 4.69) is 0 Å². The molecule has 0 radical (unpaired) electrons. The second-order valence-electron chi connectivity index (χ2n) is 5.47. The molecule has 1 rings (SSSR count). The molecule has 1 saturated carbocycles. The van der Waals surface area contributed by atoms with Crippen LogP contribution in [-0.2, 0) is 9.59 Å². The first-order chi connectivity index (χ1) is 9.31. The lowest BCUT2D eigenvalue weighted by Gasteiger charge is -2.27. The van der Waals surface area contributed by atoms with Crippen molar-refractivity contribution in [3.8, 4) is 0 Å². The van der Waals surface area contributed by atoms with E-state index >= 15 is 0 Å². The van der Waals surface area contributed by atoms with E-state index in [0.29, 0.717) is 12.8 Å². The van der Waals surface area contributed by atoms with Crippen molar-refractivity contribution < 1.29 is 28.6 Å². The van der Waals surface area contributed by atoms with Gasteiger partial charge in [-0.3, -0.25) is 9.59 Å². The Morgan fingerprint density at radius 3 is 2.15 bits per heavy atom.